The third-order valence-electron chi connectivity index (χ3n) is 3.03. The van der Waals surface area contributed by atoms with Crippen molar-refractivity contribution in [3.63, 3.8) is 0 Å². The Hall–Kier alpha value is -1.49. The van der Waals surface area contributed by atoms with Crippen molar-refractivity contribution in [3.8, 4) is 0 Å². The Morgan fingerprint density at radius 1 is 1.04 bits per heavy atom. The van der Waals surface area contributed by atoms with E-state index in [0.717, 1.165) is 11.3 Å². The summed E-state index contributed by atoms with van der Waals surface area (Å²) >= 11 is 13.0. The molecule has 2 rings (SSSR count). The largest absolute Gasteiger partial charge is 0.325 e. The van der Waals surface area contributed by atoms with E-state index in [0.29, 0.717) is 15.6 Å². The van der Waals surface area contributed by atoms with E-state index >= 15 is 0 Å². The van der Waals surface area contributed by atoms with E-state index in [1.807, 2.05) is 31.2 Å². The van der Waals surface area contributed by atoms with Crippen molar-refractivity contribution in [2.24, 2.45) is 0 Å². The second-order valence-corrected chi connectivity index (χ2v) is 6.78. The van der Waals surface area contributed by atoms with Gasteiger partial charge in [-0.2, -0.15) is 0 Å². The maximum atomic E-state index is 12.1. The first kappa shape index (κ1) is 17.9. The summed E-state index contributed by atoms with van der Waals surface area (Å²) in [6.07, 6.45) is 0. The van der Waals surface area contributed by atoms with Crippen LogP contribution in [0.3, 0.4) is 0 Å². The van der Waals surface area contributed by atoms with E-state index in [-0.39, 0.29) is 23.2 Å². The third kappa shape index (κ3) is 5.57. The van der Waals surface area contributed by atoms with Crippen LogP contribution >= 0.6 is 35.0 Å². The number of Topliss-reactive ketones (excluding diaryl/α,β-unsaturated/α-hetero) is 1. The van der Waals surface area contributed by atoms with Crippen LogP contribution < -0.4 is 5.32 Å². The van der Waals surface area contributed by atoms with E-state index in [9.17, 15) is 9.59 Å². The van der Waals surface area contributed by atoms with Gasteiger partial charge in [0.2, 0.25) is 5.91 Å². The fourth-order valence-corrected chi connectivity index (χ4v) is 3.08. The molecule has 2 aromatic carbocycles. The number of rotatable bonds is 6. The highest BCUT2D eigenvalue weighted by atomic mass is 35.5. The van der Waals surface area contributed by atoms with Crippen molar-refractivity contribution < 1.29 is 9.59 Å². The smallest absolute Gasteiger partial charge is 0.234 e. The standard InChI is InChI=1S/C17H15Cl2NO2S/c1-11-2-5-13(6-3-11)20-17(22)10-23-9-16(21)14-7-4-12(18)8-15(14)19/h2-8H,9-10H2,1H3,(H,20,22). The number of halogens is 2. The summed E-state index contributed by atoms with van der Waals surface area (Å²) in [6.45, 7) is 1.98. The lowest BCUT2D eigenvalue weighted by molar-refractivity contribution is -0.113. The molecule has 0 radical (unpaired) electrons. The third-order valence-corrected chi connectivity index (χ3v) is 4.51. The minimum Gasteiger partial charge on any atom is -0.325 e. The molecule has 1 N–H and O–H groups in total. The Morgan fingerprint density at radius 2 is 1.74 bits per heavy atom. The number of hydrogen-bond acceptors (Lipinski definition) is 3. The summed E-state index contributed by atoms with van der Waals surface area (Å²) in [4.78, 5) is 23.9. The minimum atomic E-state index is -0.145. The van der Waals surface area contributed by atoms with Gasteiger partial charge in [-0.15, -0.1) is 11.8 Å². The van der Waals surface area contributed by atoms with Crippen LogP contribution in [0.25, 0.3) is 0 Å². The van der Waals surface area contributed by atoms with Gasteiger partial charge in [-0.05, 0) is 37.3 Å². The Morgan fingerprint density at radius 3 is 2.39 bits per heavy atom. The van der Waals surface area contributed by atoms with Crippen molar-refractivity contribution in [1.29, 1.82) is 0 Å². The summed E-state index contributed by atoms with van der Waals surface area (Å²) < 4.78 is 0. The van der Waals surface area contributed by atoms with Crippen molar-refractivity contribution in [2.75, 3.05) is 16.8 Å². The number of aryl methyl sites for hydroxylation is 1. The van der Waals surface area contributed by atoms with Crippen LogP contribution in [0.4, 0.5) is 5.69 Å². The van der Waals surface area contributed by atoms with E-state index < -0.39 is 0 Å². The first-order chi connectivity index (χ1) is 11.0. The van der Waals surface area contributed by atoms with Crippen LogP contribution in [0.1, 0.15) is 15.9 Å². The number of hydrogen-bond donors (Lipinski definition) is 1. The van der Waals surface area contributed by atoms with Crippen LogP contribution in [-0.2, 0) is 4.79 Å². The number of benzene rings is 2. The molecule has 0 saturated heterocycles. The highest BCUT2D eigenvalue weighted by Crippen LogP contribution is 2.22. The van der Waals surface area contributed by atoms with E-state index in [4.69, 9.17) is 23.2 Å². The fourth-order valence-electron chi connectivity index (χ4n) is 1.86. The van der Waals surface area contributed by atoms with Crippen LogP contribution in [0, 0.1) is 6.92 Å². The normalized spacial score (nSPS) is 10.4. The molecule has 0 spiro atoms. The predicted octanol–water partition coefficient (Wildman–Crippen LogP) is 4.86. The lowest BCUT2D eigenvalue weighted by Gasteiger charge is -2.06. The predicted molar refractivity (Wildman–Crippen MR) is 97.9 cm³/mol. The summed E-state index contributed by atoms with van der Waals surface area (Å²) in [5.74, 6) is 0.113. The van der Waals surface area contributed by atoms with Gasteiger partial charge in [-0.3, -0.25) is 9.59 Å². The van der Waals surface area contributed by atoms with Gasteiger partial charge >= 0.3 is 0 Å². The molecule has 0 aliphatic heterocycles. The van der Waals surface area contributed by atoms with Gasteiger partial charge < -0.3 is 5.32 Å². The average molecular weight is 368 g/mol. The van der Waals surface area contributed by atoms with E-state index in [2.05, 4.69) is 5.32 Å². The lowest BCUT2D eigenvalue weighted by atomic mass is 10.1. The Balaban J connectivity index is 1.81. The first-order valence-electron chi connectivity index (χ1n) is 6.88. The van der Waals surface area contributed by atoms with Crippen LogP contribution in [0.15, 0.2) is 42.5 Å². The number of carbonyl (C=O) groups excluding carboxylic acids is 2. The summed E-state index contributed by atoms with van der Waals surface area (Å²) in [6, 6.07) is 12.3. The average Bonchev–Trinajstić information content (AvgIpc) is 2.49. The molecule has 0 unspecified atom stereocenters. The molecule has 0 aliphatic carbocycles. The molecular formula is C17H15Cl2NO2S. The van der Waals surface area contributed by atoms with Crippen molar-refractivity contribution in [1.82, 2.24) is 0 Å². The fraction of sp³-hybridized carbons (Fsp3) is 0.176. The molecule has 0 atom stereocenters. The second-order valence-electron chi connectivity index (χ2n) is 4.95. The lowest BCUT2D eigenvalue weighted by Crippen LogP contribution is -2.15. The van der Waals surface area contributed by atoms with Gasteiger partial charge in [0.1, 0.15) is 0 Å². The molecular weight excluding hydrogens is 353 g/mol. The second kappa shape index (κ2) is 8.39. The maximum absolute atomic E-state index is 12.1. The molecule has 0 bridgehead atoms. The summed E-state index contributed by atoms with van der Waals surface area (Å²) in [5.41, 5.74) is 2.29. The van der Waals surface area contributed by atoms with Crippen LogP contribution in [0.5, 0.6) is 0 Å². The van der Waals surface area contributed by atoms with Crippen molar-refractivity contribution in [3.05, 3.63) is 63.6 Å². The number of carbonyl (C=O) groups is 2. The van der Waals surface area contributed by atoms with Crippen molar-refractivity contribution >= 4 is 52.3 Å². The van der Waals surface area contributed by atoms with Gasteiger partial charge in [0.05, 0.1) is 16.5 Å². The summed E-state index contributed by atoms with van der Waals surface area (Å²) in [7, 11) is 0. The Bertz CT molecular complexity index is 717. The van der Waals surface area contributed by atoms with Gasteiger partial charge in [0.25, 0.3) is 0 Å². The van der Waals surface area contributed by atoms with Gasteiger partial charge in [-0.1, -0.05) is 40.9 Å². The highest BCUT2D eigenvalue weighted by molar-refractivity contribution is 8.00. The number of amides is 1. The van der Waals surface area contributed by atoms with Gasteiger partial charge in [0, 0.05) is 16.3 Å². The van der Waals surface area contributed by atoms with Crippen molar-refractivity contribution in [2.45, 2.75) is 6.92 Å². The van der Waals surface area contributed by atoms with E-state index in [1.165, 1.54) is 17.8 Å². The topological polar surface area (TPSA) is 46.2 Å². The summed E-state index contributed by atoms with van der Waals surface area (Å²) in [5, 5.41) is 3.60. The molecule has 0 fully saturated rings. The SMILES string of the molecule is Cc1ccc(NC(=O)CSCC(=O)c2ccc(Cl)cc2Cl)cc1. The molecule has 3 nitrogen and oxygen atoms in total. The first-order valence-corrected chi connectivity index (χ1v) is 8.79. The molecule has 0 heterocycles. The minimum absolute atomic E-state index is 0.125. The molecule has 2 aromatic rings. The van der Waals surface area contributed by atoms with Gasteiger partial charge in [0.15, 0.2) is 5.78 Å². The van der Waals surface area contributed by atoms with Crippen LogP contribution in [0.2, 0.25) is 10.0 Å². The highest BCUT2D eigenvalue weighted by Gasteiger charge is 2.12. The van der Waals surface area contributed by atoms with E-state index in [1.54, 1.807) is 12.1 Å². The zero-order valence-corrected chi connectivity index (χ0v) is 14.8. The number of ketones is 1. The number of nitrogens with one attached hydrogen (secondary N) is 1. The van der Waals surface area contributed by atoms with Gasteiger partial charge in [-0.25, -0.2) is 0 Å². The Kier molecular flexibility index (Phi) is 6.51. The zero-order chi connectivity index (χ0) is 16.8. The molecule has 0 aliphatic rings. The van der Waals surface area contributed by atoms with Crippen LogP contribution in [-0.4, -0.2) is 23.2 Å². The monoisotopic (exact) mass is 367 g/mol. The molecule has 120 valence electrons. The molecule has 1 amide bonds. The zero-order valence-electron chi connectivity index (χ0n) is 12.4. The number of thioether (sulfide) groups is 1. The molecule has 0 aromatic heterocycles. The maximum Gasteiger partial charge on any atom is 0.234 e. The molecule has 0 saturated carbocycles. The molecule has 6 heteroatoms. The quantitative estimate of drug-likeness (QED) is 0.741. The number of anilines is 1. The molecule has 23 heavy (non-hydrogen) atoms. The Labute approximate surface area is 149 Å².